The van der Waals surface area contributed by atoms with Crippen molar-refractivity contribution >= 4 is 27.8 Å². The fourth-order valence-electron chi connectivity index (χ4n) is 1.95. The second-order valence-corrected chi connectivity index (χ2v) is 4.78. The number of likely N-dealkylation sites (tertiary alicyclic amines) is 1. The Morgan fingerprint density at radius 3 is 2.88 bits per heavy atom. The molecular weight excluding hydrogens is 288 g/mol. The number of carboxylic acids is 1. The standard InChI is InChI=1S/C11H11BrN2O3/c12-8-4-7(5-13-6-8)10(15)14-3-1-2-9(14)11(16)17/h4-6,9H,1-3H2,(H,16,17)/p-1/t9-/m0/s1. The summed E-state index contributed by atoms with van der Waals surface area (Å²) in [5.41, 5.74) is 0.382. The first kappa shape index (κ1) is 12.0. The van der Waals surface area contributed by atoms with E-state index in [1.165, 1.54) is 11.1 Å². The van der Waals surface area contributed by atoms with Gasteiger partial charge in [-0.15, -0.1) is 0 Å². The third-order valence-electron chi connectivity index (χ3n) is 2.74. The number of aliphatic carboxylic acids is 1. The third-order valence-corrected chi connectivity index (χ3v) is 3.17. The first-order valence-electron chi connectivity index (χ1n) is 5.22. The third kappa shape index (κ3) is 2.46. The molecule has 1 amide bonds. The summed E-state index contributed by atoms with van der Waals surface area (Å²) in [7, 11) is 0. The lowest BCUT2D eigenvalue weighted by atomic mass is 10.2. The molecule has 0 unspecified atom stereocenters. The maximum Gasteiger partial charge on any atom is 0.256 e. The van der Waals surface area contributed by atoms with Gasteiger partial charge < -0.3 is 14.8 Å². The van der Waals surface area contributed by atoms with Gasteiger partial charge in [0, 0.05) is 23.4 Å². The molecule has 0 bridgehead atoms. The van der Waals surface area contributed by atoms with Gasteiger partial charge in [-0.25, -0.2) is 0 Å². The minimum atomic E-state index is -1.20. The largest absolute Gasteiger partial charge is 0.548 e. The molecular formula is C11H10BrN2O3-. The van der Waals surface area contributed by atoms with Crippen molar-refractivity contribution in [1.29, 1.82) is 0 Å². The molecule has 2 rings (SSSR count). The summed E-state index contributed by atoms with van der Waals surface area (Å²) in [5.74, 6) is -1.51. The van der Waals surface area contributed by atoms with Crippen molar-refractivity contribution in [3.05, 3.63) is 28.5 Å². The van der Waals surface area contributed by atoms with E-state index in [0.717, 1.165) is 0 Å². The molecule has 1 fully saturated rings. The molecule has 5 nitrogen and oxygen atoms in total. The highest BCUT2D eigenvalue weighted by Gasteiger charge is 2.30. The number of carbonyl (C=O) groups excluding carboxylic acids is 2. The summed E-state index contributed by atoms with van der Waals surface area (Å²) in [6.45, 7) is 0.448. The highest BCUT2D eigenvalue weighted by molar-refractivity contribution is 9.10. The summed E-state index contributed by atoms with van der Waals surface area (Å²) in [6.07, 6.45) is 4.13. The predicted molar refractivity (Wildman–Crippen MR) is 61.0 cm³/mol. The number of nitrogens with zero attached hydrogens (tertiary/aromatic N) is 2. The molecule has 1 saturated heterocycles. The van der Waals surface area contributed by atoms with Crippen LogP contribution in [0.15, 0.2) is 22.9 Å². The van der Waals surface area contributed by atoms with E-state index in [4.69, 9.17) is 0 Å². The Morgan fingerprint density at radius 2 is 2.24 bits per heavy atom. The van der Waals surface area contributed by atoms with Crippen LogP contribution in [0, 0.1) is 0 Å². The van der Waals surface area contributed by atoms with Gasteiger partial charge in [-0.3, -0.25) is 9.78 Å². The van der Waals surface area contributed by atoms with E-state index in [1.54, 1.807) is 12.3 Å². The Bertz CT molecular complexity index is 464. The zero-order valence-corrected chi connectivity index (χ0v) is 10.5. The van der Waals surface area contributed by atoms with Crippen LogP contribution >= 0.6 is 15.9 Å². The minimum Gasteiger partial charge on any atom is -0.548 e. The van der Waals surface area contributed by atoms with Crippen LogP contribution < -0.4 is 5.11 Å². The van der Waals surface area contributed by atoms with Crippen LogP contribution in [0.25, 0.3) is 0 Å². The molecule has 1 aromatic rings. The molecule has 1 aliphatic rings. The molecule has 90 valence electrons. The highest BCUT2D eigenvalue weighted by Crippen LogP contribution is 2.20. The van der Waals surface area contributed by atoms with Gasteiger partial charge in [0.25, 0.3) is 5.91 Å². The normalized spacial score (nSPS) is 19.4. The molecule has 0 saturated carbocycles. The van der Waals surface area contributed by atoms with Crippen LogP contribution in [-0.4, -0.2) is 34.3 Å². The summed E-state index contributed by atoms with van der Waals surface area (Å²) in [4.78, 5) is 28.2. The summed E-state index contributed by atoms with van der Waals surface area (Å²) in [5, 5.41) is 10.9. The Kier molecular flexibility index (Phi) is 3.42. The van der Waals surface area contributed by atoms with Crippen LogP contribution in [-0.2, 0) is 4.79 Å². The van der Waals surface area contributed by atoms with Crippen LogP contribution in [0.4, 0.5) is 0 Å². The molecule has 1 atom stereocenters. The number of aromatic nitrogens is 1. The maximum atomic E-state index is 12.1. The molecule has 0 radical (unpaired) electrons. The second-order valence-electron chi connectivity index (χ2n) is 3.87. The lowest BCUT2D eigenvalue weighted by molar-refractivity contribution is -0.310. The molecule has 6 heteroatoms. The van der Waals surface area contributed by atoms with E-state index in [1.807, 2.05) is 0 Å². The molecule has 0 aromatic carbocycles. The van der Waals surface area contributed by atoms with Gasteiger partial charge >= 0.3 is 0 Å². The molecule has 2 heterocycles. The first-order valence-corrected chi connectivity index (χ1v) is 6.01. The minimum absolute atomic E-state index is 0.314. The fraction of sp³-hybridized carbons (Fsp3) is 0.364. The summed E-state index contributed by atoms with van der Waals surface area (Å²) in [6, 6.07) is 0.807. The van der Waals surface area contributed by atoms with Crippen LogP contribution in [0.2, 0.25) is 0 Å². The van der Waals surface area contributed by atoms with Gasteiger partial charge in [-0.1, -0.05) is 0 Å². The van der Waals surface area contributed by atoms with Crippen molar-refractivity contribution in [2.75, 3.05) is 6.54 Å². The number of carbonyl (C=O) groups is 2. The Balaban J connectivity index is 2.23. The van der Waals surface area contributed by atoms with E-state index in [9.17, 15) is 14.7 Å². The van der Waals surface area contributed by atoms with Crippen molar-refractivity contribution in [2.45, 2.75) is 18.9 Å². The van der Waals surface area contributed by atoms with Gasteiger partial charge in [0.2, 0.25) is 0 Å². The number of carboxylic acid groups (broad SMARTS) is 1. The van der Waals surface area contributed by atoms with Crippen molar-refractivity contribution in [3.63, 3.8) is 0 Å². The zero-order chi connectivity index (χ0) is 12.4. The highest BCUT2D eigenvalue weighted by atomic mass is 79.9. The van der Waals surface area contributed by atoms with Gasteiger partial charge in [0.05, 0.1) is 17.6 Å². The van der Waals surface area contributed by atoms with Crippen LogP contribution in [0.3, 0.4) is 0 Å². The Hall–Kier alpha value is -1.43. The quantitative estimate of drug-likeness (QED) is 0.782. The van der Waals surface area contributed by atoms with Gasteiger partial charge in [-0.2, -0.15) is 0 Å². The predicted octanol–water partition coefficient (Wildman–Crippen LogP) is 0.199. The molecule has 17 heavy (non-hydrogen) atoms. The van der Waals surface area contributed by atoms with Crippen LogP contribution in [0.5, 0.6) is 0 Å². The average Bonchev–Trinajstić information content (AvgIpc) is 2.77. The Morgan fingerprint density at radius 1 is 1.47 bits per heavy atom. The van der Waals surface area contributed by atoms with E-state index in [-0.39, 0.29) is 5.91 Å². The van der Waals surface area contributed by atoms with E-state index in [2.05, 4.69) is 20.9 Å². The summed E-state index contributed by atoms with van der Waals surface area (Å²) < 4.78 is 0.688. The number of hydrogen-bond acceptors (Lipinski definition) is 4. The van der Waals surface area contributed by atoms with E-state index in [0.29, 0.717) is 29.4 Å². The Labute approximate surface area is 107 Å². The number of amides is 1. The van der Waals surface area contributed by atoms with Crippen molar-refractivity contribution < 1.29 is 14.7 Å². The smallest absolute Gasteiger partial charge is 0.256 e. The number of rotatable bonds is 2. The van der Waals surface area contributed by atoms with Crippen LogP contribution in [0.1, 0.15) is 23.2 Å². The fourth-order valence-corrected chi connectivity index (χ4v) is 2.31. The average molecular weight is 298 g/mol. The number of halogens is 1. The van der Waals surface area contributed by atoms with Gasteiger partial charge in [-0.05, 0) is 34.8 Å². The molecule has 1 aromatic heterocycles. The van der Waals surface area contributed by atoms with E-state index >= 15 is 0 Å². The van der Waals surface area contributed by atoms with Gasteiger partial charge in [0.1, 0.15) is 0 Å². The topological polar surface area (TPSA) is 73.3 Å². The number of hydrogen-bond donors (Lipinski definition) is 0. The zero-order valence-electron chi connectivity index (χ0n) is 8.93. The molecule has 0 spiro atoms. The maximum absolute atomic E-state index is 12.1. The first-order chi connectivity index (χ1) is 8.09. The van der Waals surface area contributed by atoms with E-state index < -0.39 is 12.0 Å². The summed E-state index contributed by atoms with van der Waals surface area (Å²) >= 11 is 3.22. The van der Waals surface area contributed by atoms with Crippen molar-refractivity contribution in [2.24, 2.45) is 0 Å². The number of pyridine rings is 1. The second kappa shape index (κ2) is 4.83. The lowest BCUT2D eigenvalue weighted by Gasteiger charge is -2.25. The molecule has 0 N–H and O–H groups in total. The van der Waals surface area contributed by atoms with Crippen molar-refractivity contribution in [3.8, 4) is 0 Å². The monoisotopic (exact) mass is 297 g/mol. The molecule has 0 aliphatic carbocycles. The van der Waals surface area contributed by atoms with Crippen molar-refractivity contribution in [1.82, 2.24) is 9.88 Å². The molecule has 1 aliphatic heterocycles. The lowest BCUT2D eigenvalue weighted by Crippen LogP contribution is -2.47. The SMILES string of the molecule is O=C([O-])[C@@H]1CCCN1C(=O)c1cncc(Br)c1. The van der Waals surface area contributed by atoms with Gasteiger partial charge in [0.15, 0.2) is 0 Å².